The molecule has 0 bridgehead atoms. The minimum Gasteiger partial charge on any atom is -0.462 e. The van der Waals surface area contributed by atoms with Crippen LogP contribution in [-0.2, 0) is 14.3 Å². The Morgan fingerprint density at radius 2 is 1.63 bits per heavy atom. The van der Waals surface area contributed by atoms with Gasteiger partial charge in [-0.2, -0.15) is 0 Å². The van der Waals surface area contributed by atoms with E-state index in [2.05, 4.69) is 0 Å². The largest absolute Gasteiger partial charge is 0.462 e. The average Bonchev–Trinajstić information content (AvgIpc) is 3.53. The molecule has 3 aromatic carbocycles. The van der Waals surface area contributed by atoms with Crippen molar-refractivity contribution < 1.29 is 33.6 Å². The lowest BCUT2D eigenvalue weighted by Gasteiger charge is -2.21. The van der Waals surface area contributed by atoms with Crippen LogP contribution in [0.1, 0.15) is 23.2 Å². The molecule has 1 saturated heterocycles. The van der Waals surface area contributed by atoms with Crippen LogP contribution in [0.2, 0.25) is 0 Å². The third-order valence-electron chi connectivity index (χ3n) is 6.93. The Morgan fingerprint density at radius 3 is 2.31 bits per heavy atom. The van der Waals surface area contributed by atoms with Crippen LogP contribution in [-0.4, -0.2) is 41.6 Å². The molecule has 3 aromatic rings. The molecule has 2 fully saturated rings. The van der Waals surface area contributed by atoms with Gasteiger partial charge in [0.1, 0.15) is 18.3 Å². The third-order valence-corrected chi connectivity index (χ3v) is 6.93. The number of fused-ring (bicyclic) bond motifs is 3. The first-order valence-corrected chi connectivity index (χ1v) is 11.7. The van der Waals surface area contributed by atoms with Gasteiger partial charge in [-0.05, 0) is 35.0 Å². The molecule has 0 radical (unpaired) electrons. The maximum absolute atomic E-state index is 12.7. The second-order valence-corrected chi connectivity index (χ2v) is 9.14. The van der Waals surface area contributed by atoms with E-state index in [0.29, 0.717) is 23.5 Å². The average molecular weight is 472 g/mol. The van der Waals surface area contributed by atoms with E-state index >= 15 is 0 Å². The molecule has 1 N–H and O–H groups in total. The SMILES string of the molecule is O=C1C[C@@H]2[C@@H](/C=C/[C@@H](O)C3Oc4cc5ccccc5cc4O3)[C@H](OC(=O)c3ccccc3)C[C@@H]2O1. The lowest BCUT2D eigenvalue weighted by Crippen LogP contribution is -2.32. The predicted octanol–water partition coefficient (Wildman–Crippen LogP) is 4.03. The number of carbonyl (C=O) groups excluding carboxylic acids is 2. The minimum absolute atomic E-state index is 0.118. The maximum atomic E-state index is 12.7. The summed E-state index contributed by atoms with van der Waals surface area (Å²) in [6, 6.07) is 20.4. The molecule has 1 aliphatic carbocycles. The molecule has 7 heteroatoms. The summed E-state index contributed by atoms with van der Waals surface area (Å²) in [5.74, 6) is 0.0771. The molecular weight excluding hydrogens is 448 g/mol. The van der Waals surface area contributed by atoms with Gasteiger partial charge in [0.05, 0.1) is 12.0 Å². The van der Waals surface area contributed by atoms with Crippen LogP contribution in [0.15, 0.2) is 78.9 Å². The predicted molar refractivity (Wildman–Crippen MR) is 126 cm³/mol. The zero-order valence-corrected chi connectivity index (χ0v) is 18.8. The summed E-state index contributed by atoms with van der Waals surface area (Å²) in [6.45, 7) is 0. The third kappa shape index (κ3) is 4.12. The number of rotatable bonds is 5. The van der Waals surface area contributed by atoms with E-state index in [1.54, 1.807) is 36.4 Å². The number of esters is 2. The number of ether oxygens (including phenoxy) is 4. The van der Waals surface area contributed by atoms with Crippen LogP contribution in [0.3, 0.4) is 0 Å². The summed E-state index contributed by atoms with van der Waals surface area (Å²) in [5.41, 5.74) is 0.460. The van der Waals surface area contributed by atoms with Gasteiger partial charge in [0, 0.05) is 18.3 Å². The molecule has 6 rings (SSSR count). The van der Waals surface area contributed by atoms with Crippen molar-refractivity contribution in [1.82, 2.24) is 0 Å². The van der Waals surface area contributed by atoms with E-state index in [4.69, 9.17) is 18.9 Å². The zero-order valence-electron chi connectivity index (χ0n) is 18.8. The Labute approximate surface area is 201 Å². The molecule has 178 valence electrons. The monoisotopic (exact) mass is 472 g/mol. The van der Waals surface area contributed by atoms with Crippen molar-refractivity contribution in [2.45, 2.75) is 37.4 Å². The molecule has 0 unspecified atom stereocenters. The van der Waals surface area contributed by atoms with Crippen molar-refractivity contribution in [2.75, 3.05) is 0 Å². The number of carbonyl (C=O) groups is 2. The molecule has 0 spiro atoms. The number of hydrogen-bond acceptors (Lipinski definition) is 7. The highest BCUT2D eigenvalue weighted by atomic mass is 16.7. The highest BCUT2D eigenvalue weighted by Gasteiger charge is 2.50. The van der Waals surface area contributed by atoms with Gasteiger partial charge in [0.25, 0.3) is 6.29 Å². The normalized spacial score (nSPS) is 26.1. The van der Waals surface area contributed by atoms with E-state index in [1.165, 1.54) is 0 Å². The summed E-state index contributed by atoms with van der Waals surface area (Å²) in [4.78, 5) is 24.5. The number of aliphatic hydroxyl groups excluding tert-OH is 1. The van der Waals surface area contributed by atoms with Crippen LogP contribution >= 0.6 is 0 Å². The Morgan fingerprint density at radius 1 is 0.971 bits per heavy atom. The molecule has 3 aliphatic rings. The first-order valence-electron chi connectivity index (χ1n) is 11.7. The Hall–Kier alpha value is -3.84. The van der Waals surface area contributed by atoms with Crippen LogP contribution in [0.5, 0.6) is 11.5 Å². The maximum Gasteiger partial charge on any atom is 0.338 e. The van der Waals surface area contributed by atoms with Crippen molar-refractivity contribution in [3.05, 3.63) is 84.4 Å². The smallest absolute Gasteiger partial charge is 0.338 e. The van der Waals surface area contributed by atoms with E-state index in [1.807, 2.05) is 42.5 Å². The lowest BCUT2D eigenvalue weighted by atomic mass is 9.91. The molecule has 35 heavy (non-hydrogen) atoms. The van der Waals surface area contributed by atoms with Gasteiger partial charge in [0.2, 0.25) is 0 Å². The number of benzene rings is 3. The van der Waals surface area contributed by atoms with Crippen molar-refractivity contribution in [3.63, 3.8) is 0 Å². The Bertz CT molecular complexity index is 1260. The lowest BCUT2D eigenvalue weighted by molar-refractivity contribution is -0.141. The highest BCUT2D eigenvalue weighted by molar-refractivity contribution is 5.89. The fraction of sp³-hybridized carbons (Fsp3) is 0.286. The fourth-order valence-corrected chi connectivity index (χ4v) is 5.20. The van der Waals surface area contributed by atoms with Crippen LogP contribution in [0.4, 0.5) is 0 Å². The summed E-state index contributed by atoms with van der Waals surface area (Å²) in [7, 11) is 0. The standard InChI is InChI=1S/C28H24O7/c29-21(28-34-24-12-17-8-4-5-9-18(17)13-25(24)35-28)11-10-19-20-14-26(30)32-23(20)15-22(19)33-27(31)16-6-2-1-3-7-16/h1-13,19-23,28-29H,14-15H2/b11-10+/t19-,20-,21-,22-,23+/m1/s1. The first-order chi connectivity index (χ1) is 17.0. The van der Waals surface area contributed by atoms with Gasteiger partial charge in [0.15, 0.2) is 11.5 Å². The van der Waals surface area contributed by atoms with Gasteiger partial charge in [-0.3, -0.25) is 4.79 Å². The van der Waals surface area contributed by atoms with Gasteiger partial charge < -0.3 is 24.1 Å². The second kappa shape index (κ2) is 8.74. The molecule has 5 atom stereocenters. The van der Waals surface area contributed by atoms with Gasteiger partial charge in [-0.15, -0.1) is 0 Å². The molecule has 2 aliphatic heterocycles. The zero-order chi connectivity index (χ0) is 23.9. The van der Waals surface area contributed by atoms with Gasteiger partial charge >= 0.3 is 11.9 Å². The van der Waals surface area contributed by atoms with Crippen molar-refractivity contribution >= 4 is 22.7 Å². The molecule has 7 nitrogen and oxygen atoms in total. The van der Waals surface area contributed by atoms with Gasteiger partial charge in [-0.25, -0.2) is 4.79 Å². The summed E-state index contributed by atoms with van der Waals surface area (Å²) in [5, 5.41) is 12.9. The van der Waals surface area contributed by atoms with Crippen LogP contribution < -0.4 is 9.47 Å². The quantitative estimate of drug-likeness (QED) is 0.443. The highest BCUT2D eigenvalue weighted by Crippen LogP contribution is 2.44. The molecule has 0 aromatic heterocycles. The summed E-state index contributed by atoms with van der Waals surface area (Å²) >= 11 is 0. The fourth-order valence-electron chi connectivity index (χ4n) is 5.20. The first kappa shape index (κ1) is 21.7. The van der Waals surface area contributed by atoms with Gasteiger partial charge in [-0.1, -0.05) is 54.6 Å². The summed E-state index contributed by atoms with van der Waals surface area (Å²) < 4.78 is 23.0. The van der Waals surface area contributed by atoms with Crippen LogP contribution in [0.25, 0.3) is 10.8 Å². The molecule has 1 saturated carbocycles. The number of hydrogen-bond donors (Lipinski definition) is 1. The minimum atomic E-state index is -1.06. The van der Waals surface area contributed by atoms with Crippen molar-refractivity contribution in [3.8, 4) is 11.5 Å². The Kier molecular flexibility index (Phi) is 5.41. The summed E-state index contributed by atoms with van der Waals surface area (Å²) in [6.07, 6.45) is 1.33. The Balaban J connectivity index is 1.18. The van der Waals surface area contributed by atoms with E-state index in [0.717, 1.165) is 10.8 Å². The number of aliphatic hydroxyl groups is 1. The second-order valence-electron chi connectivity index (χ2n) is 9.14. The van der Waals surface area contributed by atoms with E-state index in [-0.39, 0.29) is 30.3 Å². The molecule has 2 heterocycles. The topological polar surface area (TPSA) is 91.3 Å². The van der Waals surface area contributed by atoms with Crippen LogP contribution in [0, 0.1) is 11.8 Å². The molecule has 0 amide bonds. The van der Waals surface area contributed by atoms with Crippen molar-refractivity contribution in [2.24, 2.45) is 11.8 Å². The van der Waals surface area contributed by atoms with Crippen molar-refractivity contribution in [1.29, 1.82) is 0 Å². The van der Waals surface area contributed by atoms with E-state index in [9.17, 15) is 14.7 Å². The molecular formula is C28H24O7. The van der Waals surface area contributed by atoms with E-state index < -0.39 is 24.5 Å².